The SMILES string of the molecule is CC(CS(C)=O)N1C(=O)CNC1C1CCCC1. The third-order valence-corrected chi connectivity index (χ3v) is 4.80. The van der Waals surface area contributed by atoms with E-state index in [1.807, 2.05) is 11.8 Å². The molecule has 1 saturated heterocycles. The van der Waals surface area contributed by atoms with Crippen LogP contribution in [0.25, 0.3) is 0 Å². The van der Waals surface area contributed by atoms with Crippen LogP contribution in [-0.4, -0.2) is 45.8 Å². The largest absolute Gasteiger partial charge is 0.322 e. The second-order valence-corrected chi connectivity index (χ2v) is 6.74. The molecule has 1 N–H and O–H groups in total. The second kappa shape index (κ2) is 5.48. The Kier molecular flexibility index (Phi) is 4.20. The van der Waals surface area contributed by atoms with Gasteiger partial charge in [-0.1, -0.05) is 12.8 Å². The normalized spacial score (nSPS) is 29.9. The summed E-state index contributed by atoms with van der Waals surface area (Å²) in [5, 5.41) is 3.33. The summed E-state index contributed by atoms with van der Waals surface area (Å²) in [5.41, 5.74) is 0. The molecule has 17 heavy (non-hydrogen) atoms. The molecule has 0 aromatic rings. The average molecular weight is 258 g/mol. The molecule has 0 bridgehead atoms. The van der Waals surface area contributed by atoms with Gasteiger partial charge in [-0.05, 0) is 25.7 Å². The first-order chi connectivity index (χ1) is 8.09. The van der Waals surface area contributed by atoms with E-state index in [-0.39, 0.29) is 18.1 Å². The van der Waals surface area contributed by atoms with E-state index in [1.54, 1.807) is 6.26 Å². The van der Waals surface area contributed by atoms with Gasteiger partial charge in [-0.15, -0.1) is 0 Å². The molecule has 1 amide bonds. The van der Waals surface area contributed by atoms with Crippen LogP contribution in [0.1, 0.15) is 32.6 Å². The smallest absolute Gasteiger partial charge is 0.238 e. The van der Waals surface area contributed by atoms with E-state index in [1.165, 1.54) is 25.7 Å². The zero-order valence-electron chi connectivity index (χ0n) is 10.6. The molecule has 1 aliphatic carbocycles. The Balaban J connectivity index is 2.04. The van der Waals surface area contributed by atoms with E-state index in [0.717, 1.165) is 0 Å². The standard InChI is InChI=1S/C12H22N2O2S/c1-9(8-17(2)16)14-11(15)7-13-12(14)10-5-3-4-6-10/h9-10,12-13H,3-8H2,1-2H3. The molecule has 5 heteroatoms. The predicted octanol–water partition coefficient (Wildman–Crippen LogP) is 0.702. The van der Waals surface area contributed by atoms with E-state index in [2.05, 4.69) is 5.32 Å². The van der Waals surface area contributed by atoms with E-state index in [0.29, 0.717) is 18.2 Å². The minimum atomic E-state index is -0.845. The van der Waals surface area contributed by atoms with Crippen LogP contribution < -0.4 is 5.32 Å². The minimum Gasteiger partial charge on any atom is -0.322 e. The van der Waals surface area contributed by atoms with Gasteiger partial charge in [0.1, 0.15) is 0 Å². The van der Waals surface area contributed by atoms with E-state index < -0.39 is 10.8 Å². The topological polar surface area (TPSA) is 49.4 Å². The maximum atomic E-state index is 11.9. The quantitative estimate of drug-likeness (QED) is 0.807. The molecule has 0 radical (unpaired) electrons. The van der Waals surface area contributed by atoms with Gasteiger partial charge < -0.3 is 4.90 Å². The molecule has 98 valence electrons. The van der Waals surface area contributed by atoms with Crippen molar-refractivity contribution in [1.82, 2.24) is 10.2 Å². The van der Waals surface area contributed by atoms with Crippen LogP contribution >= 0.6 is 0 Å². The molecule has 2 rings (SSSR count). The van der Waals surface area contributed by atoms with Crippen molar-refractivity contribution in [1.29, 1.82) is 0 Å². The Morgan fingerprint density at radius 2 is 2.12 bits per heavy atom. The van der Waals surface area contributed by atoms with Crippen LogP contribution in [-0.2, 0) is 15.6 Å². The first-order valence-corrected chi connectivity index (χ1v) is 8.17. The van der Waals surface area contributed by atoms with Crippen LogP contribution in [0.3, 0.4) is 0 Å². The Bertz CT molecular complexity index is 316. The summed E-state index contributed by atoms with van der Waals surface area (Å²) in [4.78, 5) is 13.9. The summed E-state index contributed by atoms with van der Waals surface area (Å²) in [6, 6.07) is 0.0777. The first kappa shape index (κ1) is 13.0. The average Bonchev–Trinajstić information content (AvgIpc) is 2.84. The number of carbonyl (C=O) groups excluding carboxylic acids is 1. The molecule has 3 atom stereocenters. The number of nitrogens with zero attached hydrogens (tertiary/aromatic N) is 1. The maximum Gasteiger partial charge on any atom is 0.238 e. The summed E-state index contributed by atoms with van der Waals surface area (Å²) in [6.07, 6.45) is 6.86. The van der Waals surface area contributed by atoms with Crippen molar-refractivity contribution in [2.24, 2.45) is 5.92 Å². The van der Waals surface area contributed by atoms with E-state index >= 15 is 0 Å². The number of carbonyl (C=O) groups is 1. The lowest BCUT2D eigenvalue weighted by molar-refractivity contribution is -0.130. The van der Waals surface area contributed by atoms with Crippen molar-refractivity contribution in [2.75, 3.05) is 18.6 Å². The zero-order valence-corrected chi connectivity index (χ0v) is 11.5. The predicted molar refractivity (Wildman–Crippen MR) is 69.0 cm³/mol. The molecule has 0 aromatic heterocycles. The first-order valence-electron chi connectivity index (χ1n) is 6.44. The van der Waals surface area contributed by atoms with Crippen molar-refractivity contribution in [2.45, 2.75) is 44.8 Å². The van der Waals surface area contributed by atoms with E-state index in [9.17, 15) is 9.00 Å². The fraction of sp³-hybridized carbons (Fsp3) is 0.917. The van der Waals surface area contributed by atoms with Crippen LogP contribution in [0.5, 0.6) is 0 Å². The molecule has 2 aliphatic rings. The molecule has 0 aromatic carbocycles. The Morgan fingerprint density at radius 1 is 1.47 bits per heavy atom. The number of amides is 1. The van der Waals surface area contributed by atoms with Crippen LogP contribution in [0, 0.1) is 5.92 Å². The molecular formula is C12H22N2O2S. The van der Waals surface area contributed by atoms with Gasteiger partial charge in [0, 0.05) is 28.9 Å². The van der Waals surface area contributed by atoms with Crippen LogP contribution in [0.2, 0.25) is 0 Å². The number of rotatable bonds is 4. The molecule has 3 unspecified atom stereocenters. The van der Waals surface area contributed by atoms with Gasteiger partial charge in [0.05, 0.1) is 12.7 Å². The Labute approximate surface area is 106 Å². The molecule has 1 saturated carbocycles. The highest BCUT2D eigenvalue weighted by Gasteiger charge is 2.39. The molecular weight excluding hydrogens is 236 g/mol. The van der Waals surface area contributed by atoms with Gasteiger partial charge >= 0.3 is 0 Å². The molecule has 1 heterocycles. The summed E-state index contributed by atoms with van der Waals surface area (Å²) in [5.74, 6) is 1.34. The van der Waals surface area contributed by atoms with Gasteiger partial charge in [-0.3, -0.25) is 14.3 Å². The maximum absolute atomic E-state index is 11.9. The van der Waals surface area contributed by atoms with Crippen molar-refractivity contribution >= 4 is 16.7 Å². The summed E-state index contributed by atoms with van der Waals surface area (Å²) < 4.78 is 11.3. The van der Waals surface area contributed by atoms with Gasteiger partial charge in [0.2, 0.25) is 5.91 Å². The highest BCUT2D eigenvalue weighted by molar-refractivity contribution is 7.84. The Morgan fingerprint density at radius 3 is 2.71 bits per heavy atom. The highest BCUT2D eigenvalue weighted by atomic mass is 32.2. The number of hydrogen-bond acceptors (Lipinski definition) is 3. The molecule has 1 aliphatic heterocycles. The third-order valence-electron chi connectivity index (χ3n) is 3.85. The number of nitrogens with one attached hydrogen (secondary N) is 1. The molecule has 4 nitrogen and oxygen atoms in total. The molecule has 0 spiro atoms. The molecule has 2 fully saturated rings. The van der Waals surface area contributed by atoms with Crippen molar-refractivity contribution < 1.29 is 9.00 Å². The van der Waals surface area contributed by atoms with Gasteiger partial charge in [-0.2, -0.15) is 0 Å². The fourth-order valence-corrected chi connectivity index (χ4v) is 3.98. The number of hydrogen-bond donors (Lipinski definition) is 1. The van der Waals surface area contributed by atoms with Crippen LogP contribution in [0.15, 0.2) is 0 Å². The van der Waals surface area contributed by atoms with Gasteiger partial charge in [0.15, 0.2) is 0 Å². The lowest BCUT2D eigenvalue weighted by Gasteiger charge is -2.33. The third kappa shape index (κ3) is 2.88. The summed E-state index contributed by atoms with van der Waals surface area (Å²) in [7, 11) is -0.845. The van der Waals surface area contributed by atoms with Gasteiger partial charge in [0.25, 0.3) is 0 Å². The lowest BCUT2D eigenvalue weighted by Crippen LogP contribution is -2.48. The zero-order chi connectivity index (χ0) is 12.4. The fourth-order valence-electron chi connectivity index (χ4n) is 3.14. The van der Waals surface area contributed by atoms with E-state index in [4.69, 9.17) is 0 Å². The minimum absolute atomic E-state index is 0.0777. The van der Waals surface area contributed by atoms with Crippen LogP contribution in [0.4, 0.5) is 0 Å². The Hall–Kier alpha value is -0.420. The lowest BCUT2D eigenvalue weighted by atomic mass is 10.0. The highest BCUT2D eigenvalue weighted by Crippen LogP contribution is 2.31. The van der Waals surface area contributed by atoms with Crippen molar-refractivity contribution in [3.8, 4) is 0 Å². The summed E-state index contributed by atoms with van der Waals surface area (Å²) in [6.45, 7) is 2.45. The second-order valence-electron chi connectivity index (χ2n) is 5.26. The van der Waals surface area contributed by atoms with Gasteiger partial charge in [-0.25, -0.2) is 0 Å². The van der Waals surface area contributed by atoms with Crippen molar-refractivity contribution in [3.05, 3.63) is 0 Å². The monoisotopic (exact) mass is 258 g/mol. The van der Waals surface area contributed by atoms with Crippen molar-refractivity contribution in [3.63, 3.8) is 0 Å². The summed E-state index contributed by atoms with van der Waals surface area (Å²) >= 11 is 0.